The smallest absolute Gasteiger partial charge is 0.331 e. The molecule has 23 heavy (non-hydrogen) atoms. The Morgan fingerprint density at radius 3 is 2.35 bits per heavy atom. The van der Waals surface area contributed by atoms with Gasteiger partial charge in [0.1, 0.15) is 11.7 Å². The van der Waals surface area contributed by atoms with E-state index in [1.807, 2.05) is 0 Å². The Labute approximate surface area is 129 Å². The molecule has 0 bridgehead atoms. The van der Waals surface area contributed by atoms with Crippen molar-refractivity contribution >= 4 is 17.6 Å². The van der Waals surface area contributed by atoms with E-state index in [4.69, 9.17) is 0 Å². The summed E-state index contributed by atoms with van der Waals surface area (Å²) in [5.74, 6) is -1.54. The Morgan fingerprint density at radius 1 is 1.04 bits per heavy atom. The van der Waals surface area contributed by atoms with Crippen molar-refractivity contribution in [1.29, 1.82) is 0 Å². The summed E-state index contributed by atoms with van der Waals surface area (Å²) in [5.41, 5.74) is -2.72. The van der Waals surface area contributed by atoms with Gasteiger partial charge in [-0.2, -0.15) is 13.2 Å². The number of amidine groups is 1. The van der Waals surface area contributed by atoms with Crippen LogP contribution in [0.25, 0.3) is 0 Å². The minimum atomic E-state index is -4.94. The monoisotopic (exact) mass is 320 g/mol. The number of hydrogen-bond donors (Lipinski definition) is 2. The lowest BCUT2D eigenvalue weighted by Gasteiger charge is -2.27. The Balaban J connectivity index is 2.06. The minimum Gasteiger partial charge on any atom is -0.331 e. The van der Waals surface area contributed by atoms with Crippen LogP contribution in [0.1, 0.15) is 5.56 Å². The van der Waals surface area contributed by atoms with Gasteiger partial charge in [0.2, 0.25) is 0 Å². The first-order valence-electron chi connectivity index (χ1n) is 6.65. The highest BCUT2D eigenvalue weighted by Gasteiger charge is 2.64. The molecule has 1 aromatic heterocycles. The van der Waals surface area contributed by atoms with Crippen molar-refractivity contribution < 1.29 is 18.0 Å². The predicted molar refractivity (Wildman–Crippen MR) is 77.8 cm³/mol. The predicted octanol–water partition coefficient (Wildman–Crippen LogP) is 2.33. The number of pyridine rings is 1. The summed E-state index contributed by atoms with van der Waals surface area (Å²) in [6.45, 7) is 0. The molecule has 2 heterocycles. The summed E-state index contributed by atoms with van der Waals surface area (Å²) >= 11 is 0. The SMILES string of the molecule is O=C1NC(c2ccccc2)=N[C@]1(Nc1ccccn1)C(F)(F)F. The first kappa shape index (κ1) is 15.0. The van der Waals surface area contributed by atoms with E-state index in [9.17, 15) is 18.0 Å². The number of nitrogens with zero attached hydrogens (tertiary/aromatic N) is 2. The third kappa shape index (κ3) is 2.63. The fourth-order valence-corrected chi connectivity index (χ4v) is 2.15. The molecule has 1 aliphatic heterocycles. The molecule has 0 saturated carbocycles. The van der Waals surface area contributed by atoms with E-state index < -0.39 is 17.7 Å². The average molecular weight is 320 g/mol. The molecule has 0 spiro atoms. The summed E-state index contributed by atoms with van der Waals surface area (Å²) in [5, 5.41) is 4.30. The number of nitrogens with one attached hydrogen (secondary N) is 2. The topological polar surface area (TPSA) is 66.4 Å². The molecular weight excluding hydrogens is 309 g/mol. The average Bonchev–Trinajstić information content (AvgIpc) is 2.87. The molecule has 3 rings (SSSR count). The van der Waals surface area contributed by atoms with Crippen LogP contribution < -0.4 is 10.6 Å². The number of anilines is 1. The Kier molecular flexibility index (Phi) is 3.51. The Hall–Kier alpha value is -2.90. The number of amides is 1. The van der Waals surface area contributed by atoms with Gasteiger partial charge in [-0.3, -0.25) is 4.79 Å². The highest BCUT2D eigenvalue weighted by Crippen LogP contribution is 2.37. The molecular formula is C15H11F3N4O. The van der Waals surface area contributed by atoms with E-state index in [1.165, 1.54) is 18.3 Å². The van der Waals surface area contributed by atoms with Crippen LogP contribution in [0.5, 0.6) is 0 Å². The summed E-state index contributed by atoms with van der Waals surface area (Å²) in [6, 6.07) is 12.5. The summed E-state index contributed by atoms with van der Waals surface area (Å²) in [7, 11) is 0. The minimum absolute atomic E-state index is 0.0990. The van der Waals surface area contributed by atoms with Gasteiger partial charge < -0.3 is 10.6 Å². The van der Waals surface area contributed by atoms with Crippen LogP contribution in [0.3, 0.4) is 0 Å². The lowest BCUT2D eigenvalue weighted by molar-refractivity contribution is -0.181. The molecule has 2 aromatic rings. The van der Waals surface area contributed by atoms with Crippen molar-refractivity contribution in [2.24, 2.45) is 4.99 Å². The van der Waals surface area contributed by atoms with Crippen molar-refractivity contribution in [3.05, 3.63) is 60.3 Å². The van der Waals surface area contributed by atoms with Gasteiger partial charge in [-0.15, -0.1) is 0 Å². The van der Waals surface area contributed by atoms with E-state index in [0.717, 1.165) is 0 Å². The van der Waals surface area contributed by atoms with Gasteiger partial charge in [0.05, 0.1) is 0 Å². The van der Waals surface area contributed by atoms with E-state index in [-0.39, 0.29) is 11.7 Å². The number of aliphatic imine (C=N–C) groups is 1. The third-order valence-corrected chi connectivity index (χ3v) is 3.27. The van der Waals surface area contributed by atoms with Gasteiger partial charge in [0, 0.05) is 11.8 Å². The molecule has 0 radical (unpaired) electrons. The first-order chi connectivity index (χ1) is 10.9. The zero-order valence-corrected chi connectivity index (χ0v) is 11.6. The molecule has 1 aromatic carbocycles. The maximum Gasteiger partial charge on any atom is 0.442 e. The van der Waals surface area contributed by atoms with Crippen LogP contribution in [0.15, 0.2) is 59.7 Å². The number of carbonyl (C=O) groups is 1. The van der Waals surface area contributed by atoms with Gasteiger partial charge in [0.15, 0.2) is 0 Å². The second-order valence-corrected chi connectivity index (χ2v) is 4.83. The third-order valence-electron chi connectivity index (χ3n) is 3.27. The lowest BCUT2D eigenvalue weighted by atomic mass is 10.1. The molecule has 0 fully saturated rings. The van der Waals surface area contributed by atoms with E-state index >= 15 is 0 Å². The molecule has 1 amide bonds. The zero-order valence-electron chi connectivity index (χ0n) is 11.6. The quantitative estimate of drug-likeness (QED) is 0.912. The van der Waals surface area contributed by atoms with Crippen LogP contribution in [0, 0.1) is 0 Å². The number of hydrogen-bond acceptors (Lipinski definition) is 4. The molecule has 5 nitrogen and oxygen atoms in total. The standard InChI is InChI=1S/C15H11F3N4O/c16-15(17,18)14(21-11-8-4-5-9-19-11)13(23)20-12(22-14)10-6-2-1-3-7-10/h1-9H,(H,19,21)(H,20,22,23)/t14-/m0/s1. The Morgan fingerprint density at radius 2 is 1.74 bits per heavy atom. The van der Waals surface area contributed by atoms with Crippen molar-refractivity contribution in [3.63, 3.8) is 0 Å². The molecule has 0 aliphatic carbocycles. The molecule has 2 N–H and O–H groups in total. The fourth-order valence-electron chi connectivity index (χ4n) is 2.15. The van der Waals surface area contributed by atoms with Crippen LogP contribution >= 0.6 is 0 Å². The highest BCUT2D eigenvalue weighted by atomic mass is 19.4. The van der Waals surface area contributed by atoms with Crippen molar-refractivity contribution in [3.8, 4) is 0 Å². The van der Waals surface area contributed by atoms with Crippen LogP contribution in [-0.4, -0.2) is 28.6 Å². The van der Waals surface area contributed by atoms with Crippen molar-refractivity contribution in [2.45, 2.75) is 11.8 Å². The van der Waals surface area contributed by atoms with E-state index in [1.54, 1.807) is 36.4 Å². The van der Waals surface area contributed by atoms with Gasteiger partial charge >= 0.3 is 11.8 Å². The largest absolute Gasteiger partial charge is 0.442 e. The van der Waals surface area contributed by atoms with Crippen molar-refractivity contribution in [2.75, 3.05) is 5.32 Å². The number of aromatic nitrogens is 1. The lowest BCUT2D eigenvalue weighted by Crippen LogP contribution is -2.57. The second-order valence-electron chi connectivity index (χ2n) is 4.83. The maximum absolute atomic E-state index is 13.6. The molecule has 8 heteroatoms. The Bertz CT molecular complexity index is 746. The van der Waals surface area contributed by atoms with Crippen molar-refractivity contribution in [1.82, 2.24) is 10.3 Å². The van der Waals surface area contributed by atoms with Gasteiger partial charge in [-0.1, -0.05) is 36.4 Å². The van der Waals surface area contributed by atoms with E-state index in [2.05, 4.69) is 20.6 Å². The van der Waals surface area contributed by atoms with Gasteiger partial charge in [0.25, 0.3) is 5.91 Å². The number of benzene rings is 1. The normalized spacial score (nSPS) is 20.8. The second kappa shape index (κ2) is 5.38. The molecule has 0 unspecified atom stereocenters. The molecule has 118 valence electrons. The maximum atomic E-state index is 13.6. The van der Waals surface area contributed by atoms with Crippen LogP contribution in [-0.2, 0) is 4.79 Å². The molecule has 1 aliphatic rings. The summed E-state index contributed by atoms with van der Waals surface area (Å²) < 4.78 is 40.7. The number of rotatable bonds is 3. The van der Waals surface area contributed by atoms with Crippen LogP contribution in [0.4, 0.5) is 19.0 Å². The van der Waals surface area contributed by atoms with Gasteiger partial charge in [-0.25, -0.2) is 9.98 Å². The summed E-state index contributed by atoms with van der Waals surface area (Å²) in [6.07, 6.45) is -3.62. The highest BCUT2D eigenvalue weighted by molar-refractivity contribution is 6.16. The van der Waals surface area contributed by atoms with Crippen LogP contribution in [0.2, 0.25) is 0 Å². The first-order valence-corrected chi connectivity index (χ1v) is 6.65. The number of alkyl halides is 3. The zero-order chi connectivity index (χ0) is 16.5. The van der Waals surface area contributed by atoms with E-state index in [0.29, 0.717) is 5.56 Å². The number of carbonyl (C=O) groups excluding carboxylic acids is 1. The molecule has 0 saturated heterocycles. The fraction of sp³-hybridized carbons (Fsp3) is 0.133. The number of halogens is 3. The summed E-state index contributed by atoms with van der Waals surface area (Å²) in [4.78, 5) is 19.5. The van der Waals surface area contributed by atoms with Gasteiger partial charge in [-0.05, 0) is 12.1 Å². The molecule has 1 atom stereocenters.